The first-order valence-electron chi connectivity index (χ1n) is 5.22. The topological polar surface area (TPSA) is 54.0 Å². The number of hydrogen-bond acceptors (Lipinski definition) is 3. The molecule has 0 radical (unpaired) electrons. The number of halogens is 1. The van der Waals surface area contributed by atoms with Crippen LogP contribution in [-0.2, 0) is 4.79 Å². The molecule has 0 saturated heterocycles. The van der Waals surface area contributed by atoms with Crippen LogP contribution in [0.2, 0.25) is 5.02 Å². The van der Waals surface area contributed by atoms with Crippen molar-refractivity contribution < 1.29 is 4.79 Å². The van der Waals surface area contributed by atoms with Crippen LogP contribution in [0.15, 0.2) is 18.3 Å². The fourth-order valence-electron chi connectivity index (χ4n) is 1.13. The molecule has 5 heteroatoms. The second kappa shape index (κ2) is 6.45. The average molecular weight is 242 g/mol. The number of carbonyl (C=O) groups is 1. The van der Waals surface area contributed by atoms with E-state index >= 15 is 0 Å². The van der Waals surface area contributed by atoms with Crippen molar-refractivity contribution in [3.05, 3.63) is 23.4 Å². The van der Waals surface area contributed by atoms with Crippen molar-refractivity contribution in [1.82, 2.24) is 10.3 Å². The predicted molar refractivity (Wildman–Crippen MR) is 65.6 cm³/mol. The van der Waals surface area contributed by atoms with Gasteiger partial charge in [0.2, 0.25) is 5.91 Å². The van der Waals surface area contributed by atoms with Crippen molar-refractivity contribution in [1.29, 1.82) is 0 Å². The lowest BCUT2D eigenvalue weighted by Gasteiger charge is -2.07. The molecule has 1 rings (SSSR count). The second-order valence-corrected chi connectivity index (χ2v) is 4.21. The third-order valence-corrected chi connectivity index (χ3v) is 2.12. The van der Waals surface area contributed by atoms with Crippen molar-refractivity contribution in [2.75, 3.05) is 11.9 Å². The molecule has 1 amide bonds. The Kier molecular flexibility index (Phi) is 5.22. The van der Waals surface area contributed by atoms with Gasteiger partial charge in [-0.3, -0.25) is 4.79 Å². The van der Waals surface area contributed by atoms with Crippen molar-refractivity contribution in [3.63, 3.8) is 0 Å². The van der Waals surface area contributed by atoms with Crippen molar-refractivity contribution in [2.24, 2.45) is 0 Å². The Labute approximate surface area is 100 Å². The molecule has 0 saturated carbocycles. The van der Waals surface area contributed by atoms with Crippen LogP contribution in [0.25, 0.3) is 0 Å². The van der Waals surface area contributed by atoms with Gasteiger partial charge in [0.05, 0.1) is 5.02 Å². The van der Waals surface area contributed by atoms with E-state index in [1.54, 1.807) is 12.1 Å². The van der Waals surface area contributed by atoms with E-state index in [0.717, 1.165) is 0 Å². The zero-order chi connectivity index (χ0) is 12.0. The monoisotopic (exact) mass is 241 g/mol. The molecule has 16 heavy (non-hydrogen) atoms. The van der Waals surface area contributed by atoms with Gasteiger partial charge in [0.25, 0.3) is 0 Å². The number of hydrogen-bond donors (Lipinski definition) is 2. The zero-order valence-corrected chi connectivity index (χ0v) is 10.2. The van der Waals surface area contributed by atoms with Gasteiger partial charge in [-0.25, -0.2) is 4.98 Å². The highest BCUT2D eigenvalue weighted by Gasteiger charge is 2.03. The van der Waals surface area contributed by atoms with Crippen molar-refractivity contribution in [3.8, 4) is 0 Å². The molecule has 4 nitrogen and oxygen atoms in total. The molecule has 2 N–H and O–H groups in total. The Morgan fingerprint density at radius 3 is 2.81 bits per heavy atom. The summed E-state index contributed by atoms with van der Waals surface area (Å²) in [7, 11) is 0. The fraction of sp³-hybridized carbons (Fsp3) is 0.455. The van der Waals surface area contributed by atoms with Crippen molar-refractivity contribution >= 4 is 23.3 Å². The van der Waals surface area contributed by atoms with Crippen LogP contribution in [0.3, 0.4) is 0 Å². The standard InChI is InChI=1S/C11H16ClN3O/c1-8(2)13-6-5-11(16)15-10-4-3-9(12)7-14-10/h3-4,7-8,13H,5-6H2,1-2H3,(H,14,15,16). The van der Waals surface area contributed by atoms with Gasteiger partial charge in [0, 0.05) is 25.2 Å². The fourth-order valence-corrected chi connectivity index (χ4v) is 1.24. The minimum absolute atomic E-state index is 0.0528. The number of aromatic nitrogens is 1. The highest BCUT2D eigenvalue weighted by Crippen LogP contribution is 2.09. The normalized spacial score (nSPS) is 10.5. The summed E-state index contributed by atoms with van der Waals surface area (Å²) in [6, 6.07) is 3.76. The summed E-state index contributed by atoms with van der Waals surface area (Å²) in [5, 5.41) is 6.42. The SMILES string of the molecule is CC(C)NCCC(=O)Nc1ccc(Cl)cn1. The maximum Gasteiger partial charge on any atom is 0.226 e. The molecule has 0 fully saturated rings. The Balaban J connectivity index is 2.31. The Morgan fingerprint density at radius 1 is 1.50 bits per heavy atom. The van der Waals surface area contributed by atoms with E-state index in [-0.39, 0.29) is 5.91 Å². The third-order valence-electron chi connectivity index (χ3n) is 1.90. The van der Waals surface area contributed by atoms with Crippen LogP contribution in [0.5, 0.6) is 0 Å². The van der Waals surface area contributed by atoms with Crippen molar-refractivity contribution in [2.45, 2.75) is 26.3 Å². The van der Waals surface area contributed by atoms with Crippen LogP contribution in [-0.4, -0.2) is 23.5 Å². The molecule has 1 aromatic heterocycles. The molecule has 0 bridgehead atoms. The summed E-state index contributed by atoms with van der Waals surface area (Å²) in [6.45, 7) is 4.74. The van der Waals surface area contributed by atoms with Gasteiger partial charge in [0.15, 0.2) is 0 Å². The highest BCUT2D eigenvalue weighted by molar-refractivity contribution is 6.30. The molecular formula is C11H16ClN3O. The largest absolute Gasteiger partial charge is 0.314 e. The Morgan fingerprint density at radius 2 is 2.25 bits per heavy atom. The van der Waals surface area contributed by atoms with E-state index in [1.165, 1.54) is 6.20 Å². The molecule has 0 atom stereocenters. The lowest BCUT2D eigenvalue weighted by atomic mass is 10.3. The molecule has 0 aliphatic carbocycles. The first-order chi connectivity index (χ1) is 7.58. The summed E-state index contributed by atoms with van der Waals surface area (Å²) in [5.41, 5.74) is 0. The number of nitrogens with zero attached hydrogens (tertiary/aromatic N) is 1. The summed E-state index contributed by atoms with van der Waals surface area (Å²) in [6.07, 6.45) is 1.94. The summed E-state index contributed by atoms with van der Waals surface area (Å²) in [5.74, 6) is 0.474. The van der Waals surface area contributed by atoms with Gasteiger partial charge >= 0.3 is 0 Å². The van der Waals surface area contributed by atoms with Gasteiger partial charge in [-0.2, -0.15) is 0 Å². The van der Waals surface area contributed by atoms with E-state index in [9.17, 15) is 4.79 Å². The highest BCUT2D eigenvalue weighted by atomic mass is 35.5. The molecule has 88 valence electrons. The van der Waals surface area contributed by atoms with Gasteiger partial charge < -0.3 is 10.6 Å². The summed E-state index contributed by atoms with van der Waals surface area (Å²) in [4.78, 5) is 15.4. The average Bonchev–Trinajstić information content (AvgIpc) is 2.21. The maximum atomic E-state index is 11.5. The van der Waals surface area contributed by atoms with E-state index in [4.69, 9.17) is 11.6 Å². The molecule has 0 aliphatic heterocycles. The first-order valence-corrected chi connectivity index (χ1v) is 5.60. The molecular weight excluding hydrogens is 226 g/mol. The third kappa shape index (κ3) is 5.09. The summed E-state index contributed by atoms with van der Waals surface area (Å²) >= 11 is 5.68. The Bertz CT molecular complexity index is 338. The molecule has 0 spiro atoms. The smallest absolute Gasteiger partial charge is 0.226 e. The zero-order valence-electron chi connectivity index (χ0n) is 9.46. The number of pyridine rings is 1. The van der Waals surface area contributed by atoms with E-state index in [0.29, 0.717) is 29.8 Å². The van der Waals surface area contributed by atoms with Gasteiger partial charge in [-0.05, 0) is 12.1 Å². The molecule has 1 heterocycles. The minimum atomic E-state index is -0.0528. The lowest BCUT2D eigenvalue weighted by molar-refractivity contribution is -0.116. The van der Waals surface area contributed by atoms with E-state index in [2.05, 4.69) is 15.6 Å². The Hall–Kier alpha value is -1.13. The van der Waals surface area contributed by atoms with E-state index < -0.39 is 0 Å². The van der Waals surface area contributed by atoms with E-state index in [1.807, 2.05) is 13.8 Å². The minimum Gasteiger partial charge on any atom is -0.314 e. The number of anilines is 1. The maximum absolute atomic E-state index is 11.5. The van der Waals surface area contributed by atoms with Crippen LogP contribution < -0.4 is 10.6 Å². The second-order valence-electron chi connectivity index (χ2n) is 3.77. The number of nitrogens with one attached hydrogen (secondary N) is 2. The lowest BCUT2D eigenvalue weighted by Crippen LogP contribution is -2.27. The first kappa shape index (κ1) is 12.9. The van der Waals surface area contributed by atoms with Gasteiger partial charge in [-0.1, -0.05) is 25.4 Å². The van der Waals surface area contributed by atoms with Crippen LogP contribution in [0.1, 0.15) is 20.3 Å². The number of carbonyl (C=O) groups excluding carboxylic acids is 1. The van der Waals surface area contributed by atoms with Crippen LogP contribution in [0.4, 0.5) is 5.82 Å². The molecule has 0 aromatic carbocycles. The van der Waals surface area contributed by atoms with Crippen LogP contribution >= 0.6 is 11.6 Å². The quantitative estimate of drug-likeness (QED) is 0.830. The van der Waals surface area contributed by atoms with Crippen LogP contribution in [0, 0.1) is 0 Å². The predicted octanol–water partition coefficient (Wildman–Crippen LogP) is 2.06. The molecule has 0 unspecified atom stereocenters. The molecule has 1 aromatic rings. The summed E-state index contributed by atoms with van der Waals surface area (Å²) < 4.78 is 0. The molecule has 0 aliphatic rings. The number of amides is 1. The van der Waals surface area contributed by atoms with Gasteiger partial charge in [0.1, 0.15) is 5.82 Å². The van der Waals surface area contributed by atoms with Gasteiger partial charge in [-0.15, -0.1) is 0 Å². The number of rotatable bonds is 5.